The van der Waals surface area contributed by atoms with Crippen LogP contribution in [0, 0.1) is 6.92 Å². The molecule has 0 saturated carbocycles. The molecule has 0 bridgehead atoms. The molecule has 1 amide bonds. The lowest BCUT2D eigenvalue weighted by Gasteiger charge is -2.19. The highest BCUT2D eigenvalue weighted by atomic mass is 16.5. The minimum Gasteiger partial charge on any atom is -0.508 e. The van der Waals surface area contributed by atoms with Crippen molar-refractivity contribution < 1.29 is 19.4 Å². The number of rotatable bonds is 6. The van der Waals surface area contributed by atoms with E-state index in [2.05, 4.69) is 19.2 Å². The number of amides is 1. The summed E-state index contributed by atoms with van der Waals surface area (Å²) in [5.41, 5.74) is 4.96. The molecule has 0 heterocycles. The van der Waals surface area contributed by atoms with Gasteiger partial charge in [0.05, 0.1) is 5.56 Å². The van der Waals surface area contributed by atoms with Crippen LogP contribution >= 0.6 is 0 Å². The molecule has 0 fully saturated rings. The van der Waals surface area contributed by atoms with Crippen molar-refractivity contribution in [3.05, 3.63) is 83.4 Å². The highest BCUT2D eigenvalue weighted by Gasteiger charge is 2.21. The highest BCUT2D eigenvalue weighted by Crippen LogP contribution is 2.28. The summed E-state index contributed by atoms with van der Waals surface area (Å²) in [6, 6.07) is 19.6. The molecule has 0 aliphatic rings. The Morgan fingerprint density at radius 2 is 1.45 bits per heavy atom. The number of carbonyl (C=O) groups excluding carboxylic acids is 2. The fraction of sp³-hybridized carbons (Fsp3) is 0.231. The fourth-order valence-electron chi connectivity index (χ4n) is 3.30. The van der Waals surface area contributed by atoms with Crippen molar-refractivity contribution in [3.8, 4) is 16.9 Å². The Labute approximate surface area is 182 Å². The van der Waals surface area contributed by atoms with Crippen molar-refractivity contribution in [1.82, 2.24) is 0 Å². The molecule has 3 aromatic carbocycles. The van der Waals surface area contributed by atoms with Crippen LogP contribution in [0.4, 0.5) is 5.69 Å². The van der Waals surface area contributed by atoms with E-state index in [9.17, 15) is 14.7 Å². The highest BCUT2D eigenvalue weighted by molar-refractivity contribution is 5.98. The van der Waals surface area contributed by atoms with Crippen LogP contribution in [-0.2, 0) is 9.53 Å². The van der Waals surface area contributed by atoms with Gasteiger partial charge < -0.3 is 15.2 Å². The Hall–Kier alpha value is -3.60. The van der Waals surface area contributed by atoms with Gasteiger partial charge in [-0.3, -0.25) is 4.79 Å². The fourth-order valence-corrected chi connectivity index (χ4v) is 3.30. The number of benzene rings is 3. The van der Waals surface area contributed by atoms with Gasteiger partial charge in [0.15, 0.2) is 6.10 Å². The normalized spacial score (nSPS) is 11.8. The Bertz CT molecular complexity index is 1070. The van der Waals surface area contributed by atoms with Gasteiger partial charge in [-0.05, 0) is 66.3 Å². The monoisotopic (exact) mass is 417 g/mol. The first kappa shape index (κ1) is 22.1. The van der Waals surface area contributed by atoms with Gasteiger partial charge in [-0.15, -0.1) is 0 Å². The molecule has 0 aliphatic heterocycles. The molecule has 5 nitrogen and oxygen atoms in total. The van der Waals surface area contributed by atoms with Crippen LogP contribution in [0.2, 0.25) is 0 Å². The number of nitrogens with one attached hydrogen (secondary N) is 1. The van der Waals surface area contributed by atoms with Crippen LogP contribution in [0.15, 0.2) is 66.7 Å². The largest absolute Gasteiger partial charge is 0.508 e. The third kappa shape index (κ3) is 5.31. The molecule has 0 aliphatic carbocycles. The molecule has 0 aromatic heterocycles. The molecule has 0 spiro atoms. The van der Waals surface area contributed by atoms with Gasteiger partial charge in [-0.25, -0.2) is 4.79 Å². The van der Waals surface area contributed by atoms with Gasteiger partial charge in [-0.2, -0.15) is 0 Å². The van der Waals surface area contributed by atoms with Crippen molar-refractivity contribution in [2.45, 2.75) is 39.7 Å². The molecule has 0 unspecified atom stereocenters. The lowest BCUT2D eigenvalue weighted by Crippen LogP contribution is -2.30. The molecule has 5 heteroatoms. The van der Waals surface area contributed by atoms with Gasteiger partial charge >= 0.3 is 5.97 Å². The molecule has 3 aromatic rings. The van der Waals surface area contributed by atoms with E-state index in [-0.39, 0.29) is 17.6 Å². The molecule has 3 rings (SSSR count). The van der Waals surface area contributed by atoms with E-state index in [1.54, 1.807) is 55.5 Å². The van der Waals surface area contributed by atoms with E-state index in [4.69, 9.17) is 4.74 Å². The summed E-state index contributed by atoms with van der Waals surface area (Å²) >= 11 is 0. The first-order chi connectivity index (χ1) is 14.8. The molecular formula is C26H27NO4. The van der Waals surface area contributed by atoms with Crippen LogP contribution < -0.4 is 5.32 Å². The molecule has 160 valence electrons. The first-order valence-electron chi connectivity index (χ1n) is 10.3. The van der Waals surface area contributed by atoms with Crippen LogP contribution in [0.25, 0.3) is 11.1 Å². The van der Waals surface area contributed by atoms with Gasteiger partial charge in [0.25, 0.3) is 5.91 Å². The number of carbonyl (C=O) groups is 2. The molecule has 0 saturated heterocycles. The average molecular weight is 418 g/mol. The van der Waals surface area contributed by atoms with Crippen LogP contribution in [-0.4, -0.2) is 23.1 Å². The maximum atomic E-state index is 12.7. The van der Waals surface area contributed by atoms with Gasteiger partial charge in [0.2, 0.25) is 0 Å². The molecule has 1 atom stereocenters. The topological polar surface area (TPSA) is 75.6 Å². The minimum absolute atomic E-state index is 0.197. The van der Waals surface area contributed by atoms with Crippen LogP contribution in [0.5, 0.6) is 5.75 Å². The average Bonchev–Trinajstić information content (AvgIpc) is 2.75. The van der Waals surface area contributed by atoms with Crippen LogP contribution in [0.1, 0.15) is 48.2 Å². The van der Waals surface area contributed by atoms with Gasteiger partial charge in [-0.1, -0.05) is 56.3 Å². The zero-order valence-corrected chi connectivity index (χ0v) is 18.2. The zero-order valence-electron chi connectivity index (χ0n) is 18.2. The summed E-state index contributed by atoms with van der Waals surface area (Å²) in [5.74, 6) is -0.485. The van der Waals surface area contributed by atoms with Crippen molar-refractivity contribution in [2.24, 2.45) is 0 Å². The van der Waals surface area contributed by atoms with Crippen molar-refractivity contribution >= 4 is 17.6 Å². The summed E-state index contributed by atoms with van der Waals surface area (Å²) in [6.07, 6.45) is -0.941. The number of anilines is 1. The number of phenols is 1. The third-order valence-electron chi connectivity index (χ3n) is 5.15. The van der Waals surface area contributed by atoms with Crippen molar-refractivity contribution in [2.75, 3.05) is 5.32 Å². The summed E-state index contributed by atoms with van der Waals surface area (Å²) in [4.78, 5) is 25.2. The maximum absolute atomic E-state index is 12.7. The van der Waals surface area contributed by atoms with E-state index in [1.165, 1.54) is 0 Å². The Morgan fingerprint density at radius 3 is 2.03 bits per heavy atom. The number of ether oxygens (including phenoxy) is 1. The van der Waals surface area contributed by atoms with Gasteiger partial charge in [0.1, 0.15) is 5.75 Å². The molecular weight excluding hydrogens is 390 g/mol. The number of phenolic OH excluding ortho intramolecular Hbond substituents is 1. The first-order valence-corrected chi connectivity index (χ1v) is 10.3. The number of esters is 1. The van der Waals surface area contributed by atoms with E-state index < -0.39 is 12.1 Å². The summed E-state index contributed by atoms with van der Waals surface area (Å²) in [6.45, 7) is 7.63. The number of aromatic hydroxyl groups is 1. The van der Waals surface area contributed by atoms with Crippen LogP contribution in [0.3, 0.4) is 0 Å². The van der Waals surface area contributed by atoms with Gasteiger partial charge in [0, 0.05) is 5.69 Å². The predicted octanol–water partition coefficient (Wildman–Crippen LogP) is 5.68. The maximum Gasteiger partial charge on any atom is 0.338 e. The SMILES string of the molecule is Cc1cccc(C(C)C)c1NC(=O)[C@H](C)OC(=O)c1ccc(-c2ccc(O)cc2)cc1. The number of hydrogen-bond acceptors (Lipinski definition) is 4. The van der Waals surface area contributed by atoms with Crippen molar-refractivity contribution in [3.63, 3.8) is 0 Å². The summed E-state index contributed by atoms with van der Waals surface area (Å²) < 4.78 is 5.39. The second-order valence-corrected chi connectivity index (χ2v) is 7.85. The smallest absolute Gasteiger partial charge is 0.338 e. The standard InChI is InChI=1S/C26H27NO4/c1-16(2)23-7-5-6-17(3)24(23)27-25(29)18(4)31-26(30)21-10-8-19(9-11-21)20-12-14-22(28)15-13-20/h5-16,18,28H,1-4H3,(H,27,29)/t18-/m0/s1. The summed E-state index contributed by atoms with van der Waals surface area (Å²) in [7, 11) is 0. The number of para-hydroxylation sites is 1. The summed E-state index contributed by atoms with van der Waals surface area (Å²) in [5, 5.41) is 12.3. The van der Waals surface area contributed by atoms with E-state index >= 15 is 0 Å². The molecule has 0 radical (unpaired) electrons. The molecule has 31 heavy (non-hydrogen) atoms. The number of aryl methyl sites for hydroxylation is 1. The second-order valence-electron chi connectivity index (χ2n) is 7.85. The quantitative estimate of drug-likeness (QED) is 0.506. The van der Waals surface area contributed by atoms with E-state index in [0.717, 1.165) is 27.9 Å². The second kappa shape index (κ2) is 9.47. The Morgan fingerprint density at radius 1 is 0.871 bits per heavy atom. The van der Waals surface area contributed by atoms with Crippen molar-refractivity contribution in [1.29, 1.82) is 0 Å². The predicted molar refractivity (Wildman–Crippen MR) is 122 cm³/mol. The Kier molecular flexibility index (Phi) is 6.75. The minimum atomic E-state index is -0.941. The lowest BCUT2D eigenvalue weighted by atomic mass is 9.98. The Balaban J connectivity index is 1.66. The lowest BCUT2D eigenvalue weighted by molar-refractivity contribution is -0.123. The molecule has 2 N–H and O–H groups in total. The third-order valence-corrected chi connectivity index (χ3v) is 5.15. The van der Waals surface area contributed by atoms with E-state index in [1.807, 2.05) is 25.1 Å². The van der Waals surface area contributed by atoms with E-state index in [0.29, 0.717) is 5.56 Å². The zero-order chi connectivity index (χ0) is 22.5. The number of hydrogen-bond donors (Lipinski definition) is 2.